The lowest BCUT2D eigenvalue weighted by Crippen LogP contribution is -2.38. The zero-order valence-corrected chi connectivity index (χ0v) is 8.08. The van der Waals surface area contributed by atoms with Crippen LogP contribution in [0.1, 0.15) is 19.8 Å². The lowest BCUT2D eigenvalue weighted by atomic mass is 10.2. The molecule has 0 aromatic carbocycles. The summed E-state index contributed by atoms with van der Waals surface area (Å²) in [5.41, 5.74) is 0. The molecular weight excluding hydrogens is 166 g/mol. The van der Waals surface area contributed by atoms with Crippen LogP contribution < -0.4 is 5.32 Å². The molecule has 2 atom stereocenters. The third kappa shape index (κ3) is 3.77. The number of ether oxygens (including phenoxy) is 2. The van der Waals surface area contributed by atoms with Crippen molar-refractivity contribution in [2.24, 2.45) is 0 Å². The first-order valence-corrected chi connectivity index (χ1v) is 4.75. The number of nitrogens with one attached hydrogen (secondary N) is 1. The molecule has 1 N–H and O–H groups in total. The fraction of sp³-hybridized carbons (Fsp3) is 0.800. The Balaban J connectivity index is 2.13. The van der Waals surface area contributed by atoms with Crippen LogP contribution in [0, 0.1) is 12.3 Å². The van der Waals surface area contributed by atoms with Crippen LogP contribution in [0.5, 0.6) is 0 Å². The van der Waals surface area contributed by atoms with Gasteiger partial charge in [-0.2, -0.15) is 0 Å². The molecule has 3 heteroatoms. The number of hydrogen-bond donors (Lipinski definition) is 1. The van der Waals surface area contributed by atoms with Crippen LogP contribution in [0.4, 0.5) is 0 Å². The summed E-state index contributed by atoms with van der Waals surface area (Å²) >= 11 is 0. The summed E-state index contributed by atoms with van der Waals surface area (Å²) in [6.07, 6.45) is 7.49. The summed E-state index contributed by atoms with van der Waals surface area (Å²) in [6.45, 7) is 4.10. The van der Waals surface area contributed by atoms with Crippen molar-refractivity contribution in [1.82, 2.24) is 5.32 Å². The van der Waals surface area contributed by atoms with E-state index in [-0.39, 0.29) is 12.1 Å². The summed E-state index contributed by atoms with van der Waals surface area (Å²) in [7, 11) is 0. The predicted molar refractivity (Wildman–Crippen MR) is 51.2 cm³/mol. The molecule has 1 saturated heterocycles. The molecule has 1 fully saturated rings. The van der Waals surface area contributed by atoms with Gasteiger partial charge in [0.2, 0.25) is 0 Å². The Morgan fingerprint density at radius 2 is 2.54 bits per heavy atom. The van der Waals surface area contributed by atoms with Gasteiger partial charge in [0, 0.05) is 6.54 Å². The minimum atomic E-state index is 0.173. The largest absolute Gasteiger partial charge is 0.355 e. The molecule has 0 radical (unpaired) electrons. The fourth-order valence-electron chi connectivity index (χ4n) is 1.26. The molecule has 13 heavy (non-hydrogen) atoms. The maximum absolute atomic E-state index is 5.36. The van der Waals surface area contributed by atoms with Crippen molar-refractivity contribution >= 4 is 0 Å². The molecule has 0 spiro atoms. The van der Waals surface area contributed by atoms with E-state index in [1.807, 2.05) is 0 Å². The summed E-state index contributed by atoms with van der Waals surface area (Å²) in [4.78, 5) is 0. The Morgan fingerprint density at radius 1 is 1.69 bits per heavy atom. The first-order chi connectivity index (χ1) is 6.36. The van der Waals surface area contributed by atoms with Crippen LogP contribution in [0.25, 0.3) is 0 Å². The average Bonchev–Trinajstić information content (AvgIpc) is 2.21. The van der Waals surface area contributed by atoms with E-state index in [1.165, 1.54) is 0 Å². The van der Waals surface area contributed by atoms with Crippen molar-refractivity contribution < 1.29 is 9.47 Å². The topological polar surface area (TPSA) is 30.5 Å². The van der Waals surface area contributed by atoms with Crippen LogP contribution >= 0.6 is 0 Å². The summed E-state index contributed by atoms with van der Waals surface area (Å²) < 4.78 is 10.4. The van der Waals surface area contributed by atoms with Gasteiger partial charge in [0.05, 0.1) is 18.8 Å². The molecule has 1 aliphatic heterocycles. The highest BCUT2D eigenvalue weighted by Crippen LogP contribution is 2.04. The molecule has 2 unspecified atom stereocenters. The van der Waals surface area contributed by atoms with Gasteiger partial charge < -0.3 is 14.8 Å². The monoisotopic (exact) mass is 183 g/mol. The van der Waals surface area contributed by atoms with Crippen LogP contribution in [-0.2, 0) is 9.47 Å². The predicted octanol–water partition coefficient (Wildman–Crippen LogP) is 0.751. The van der Waals surface area contributed by atoms with E-state index in [0.29, 0.717) is 6.79 Å². The second-order valence-corrected chi connectivity index (χ2v) is 3.14. The standard InChI is InChI=1S/C10H17NO2/c1-3-9(4-2)11-7-10-5-6-12-8-13-10/h1,9-11H,4-8H2,2H3. The maximum Gasteiger partial charge on any atom is 0.147 e. The van der Waals surface area contributed by atoms with E-state index < -0.39 is 0 Å². The van der Waals surface area contributed by atoms with E-state index in [1.54, 1.807) is 0 Å². The Bertz CT molecular complexity index is 170. The van der Waals surface area contributed by atoms with Gasteiger partial charge >= 0.3 is 0 Å². The van der Waals surface area contributed by atoms with Gasteiger partial charge in [-0.1, -0.05) is 12.8 Å². The first-order valence-electron chi connectivity index (χ1n) is 4.75. The van der Waals surface area contributed by atoms with Crippen LogP contribution in [0.15, 0.2) is 0 Å². The number of terminal acetylenes is 1. The molecule has 0 saturated carbocycles. The van der Waals surface area contributed by atoms with Crippen molar-refractivity contribution in [1.29, 1.82) is 0 Å². The zero-order valence-electron chi connectivity index (χ0n) is 8.08. The molecule has 0 bridgehead atoms. The van der Waals surface area contributed by atoms with E-state index in [4.69, 9.17) is 15.9 Å². The highest BCUT2D eigenvalue weighted by Gasteiger charge is 2.14. The Morgan fingerprint density at radius 3 is 3.08 bits per heavy atom. The number of hydrogen-bond acceptors (Lipinski definition) is 3. The van der Waals surface area contributed by atoms with E-state index in [0.717, 1.165) is 26.0 Å². The minimum absolute atomic E-state index is 0.173. The highest BCUT2D eigenvalue weighted by molar-refractivity contribution is 4.98. The maximum atomic E-state index is 5.36. The van der Waals surface area contributed by atoms with Crippen LogP contribution in [0.3, 0.4) is 0 Å². The lowest BCUT2D eigenvalue weighted by Gasteiger charge is -2.24. The Hall–Kier alpha value is -0.560. The fourth-order valence-corrected chi connectivity index (χ4v) is 1.26. The SMILES string of the molecule is C#CC(CC)NCC1CCOCO1. The smallest absolute Gasteiger partial charge is 0.147 e. The van der Waals surface area contributed by atoms with Crippen LogP contribution in [0.2, 0.25) is 0 Å². The molecular formula is C10H17NO2. The molecule has 74 valence electrons. The number of rotatable bonds is 4. The lowest BCUT2D eigenvalue weighted by molar-refractivity contribution is -0.137. The molecule has 0 aliphatic carbocycles. The van der Waals surface area contributed by atoms with E-state index in [2.05, 4.69) is 18.2 Å². The quantitative estimate of drug-likeness (QED) is 0.652. The molecule has 0 aromatic rings. The van der Waals surface area contributed by atoms with Crippen molar-refractivity contribution in [3.8, 4) is 12.3 Å². The summed E-state index contributed by atoms with van der Waals surface area (Å²) in [5, 5.41) is 3.27. The van der Waals surface area contributed by atoms with Gasteiger partial charge in [0.15, 0.2) is 0 Å². The molecule has 1 aliphatic rings. The van der Waals surface area contributed by atoms with Gasteiger partial charge in [-0.05, 0) is 12.8 Å². The second-order valence-electron chi connectivity index (χ2n) is 3.14. The van der Waals surface area contributed by atoms with Crippen molar-refractivity contribution in [2.75, 3.05) is 19.9 Å². The average molecular weight is 183 g/mol. The minimum Gasteiger partial charge on any atom is -0.355 e. The molecule has 3 nitrogen and oxygen atoms in total. The van der Waals surface area contributed by atoms with E-state index in [9.17, 15) is 0 Å². The summed E-state index contributed by atoms with van der Waals surface area (Å²) in [5.74, 6) is 2.69. The summed E-state index contributed by atoms with van der Waals surface area (Å²) in [6, 6.07) is 0.173. The van der Waals surface area contributed by atoms with Gasteiger partial charge in [-0.3, -0.25) is 0 Å². The second kappa shape index (κ2) is 5.98. The highest BCUT2D eigenvalue weighted by atomic mass is 16.7. The third-order valence-electron chi connectivity index (χ3n) is 2.17. The third-order valence-corrected chi connectivity index (χ3v) is 2.17. The van der Waals surface area contributed by atoms with Gasteiger partial charge in [0.25, 0.3) is 0 Å². The van der Waals surface area contributed by atoms with Gasteiger partial charge in [-0.25, -0.2) is 0 Å². The van der Waals surface area contributed by atoms with Crippen molar-refractivity contribution in [3.05, 3.63) is 0 Å². The van der Waals surface area contributed by atoms with Gasteiger partial charge in [-0.15, -0.1) is 6.42 Å². The van der Waals surface area contributed by atoms with Crippen LogP contribution in [-0.4, -0.2) is 32.1 Å². The van der Waals surface area contributed by atoms with E-state index >= 15 is 0 Å². The molecule has 0 amide bonds. The van der Waals surface area contributed by atoms with Crippen molar-refractivity contribution in [2.45, 2.75) is 31.9 Å². The Kier molecular flexibility index (Phi) is 4.84. The zero-order chi connectivity index (χ0) is 9.52. The molecule has 0 aromatic heterocycles. The Labute approximate surface area is 79.8 Å². The molecule has 1 rings (SSSR count). The molecule has 1 heterocycles. The normalized spacial score (nSPS) is 25.1. The first kappa shape index (κ1) is 10.5. The van der Waals surface area contributed by atoms with Gasteiger partial charge in [0.1, 0.15) is 6.79 Å². The van der Waals surface area contributed by atoms with Crippen molar-refractivity contribution in [3.63, 3.8) is 0 Å².